The van der Waals surface area contributed by atoms with Crippen molar-refractivity contribution in [1.29, 1.82) is 0 Å². The molecule has 0 saturated heterocycles. The Labute approximate surface area is 172 Å². The van der Waals surface area contributed by atoms with Crippen LogP contribution in [0.4, 0.5) is 5.13 Å². The number of primary amides is 1. The normalized spacial score (nSPS) is 11.5. The topological polar surface area (TPSA) is 122 Å². The van der Waals surface area contributed by atoms with Gasteiger partial charge in [0, 0.05) is 29.8 Å². The maximum atomic E-state index is 12.5. The highest BCUT2D eigenvalue weighted by atomic mass is 32.2. The van der Waals surface area contributed by atoms with Crippen LogP contribution in [0.2, 0.25) is 0 Å². The van der Waals surface area contributed by atoms with Gasteiger partial charge in [0.25, 0.3) is 5.91 Å². The molecule has 1 heterocycles. The number of carbonyl (C=O) groups is 2. The van der Waals surface area contributed by atoms with Crippen molar-refractivity contribution in [2.75, 3.05) is 24.2 Å². The Morgan fingerprint density at radius 1 is 1.21 bits per heavy atom. The molecule has 0 saturated carbocycles. The molecule has 0 aliphatic heterocycles. The summed E-state index contributed by atoms with van der Waals surface area (Å²) in [5.74, 6) is -0.0347. The molecule has 0 atom stereocenters. The minimum atomic E-state index is -3.56. The first kappa shape index (κ1) is 22.3. The Bertz CT molecular complexity index is 922. The molecule has 0 spiro atoms. The molecule has 1 aromatic heterocycles. The molecular formula is C17H22N4O4S3. The molecule has 8 nitrogen and oxygen atoms in total. The second-order valence-electron chi connectivity index (χ2n) is 5.67. The average molecular weight is 443 g/mol. The fourth-order valence-corrected chi connectivity index (χ4v) is 5.28. The van der Waals surface area contributed by atoms with E-state index in [2.05, 4.69) is 10.3 Å². The summed E-state index contributed by atoms with van der Waals surface area (Å²) in [6, 6.07) is 5.80. The van der Waals surface area contributed by atoms with Crippen LogP contribution in [0.25, 0.3) is 0 Å². The Hall–Kier alpha value is -1.95. The molecule has 11 heteroatoms. The van der Waals surface area contributed by atoms with Crippen molar-refractivity contribution in [3.05, 3.63) is 40.9 Å². The molecule has 0 fully saturated rings. The highest BCUT2D eigenvalue weighted by molar-refractivity contribution is 7.99. The number of hydrogen-bond acceptors (Lipinski definition) is 7. The predicted octanol–water partition coefficient (Wildman–Crippen LogP) is 2.14. The summed E-state index contributed by atoms with van der Waals surface area (Å²) in [6.07, 6.45) is 0. The molecule has 2 rings (SSSR count). The zero-order valence-corrected chi connectivity index (χ0v) is 18.0. The second kappa shape index (κ2) is 10.0. The first-order valence-corrected chi connectivity index (χ1v) is 12.0. The van der Waals surface area contributed by atoms with Crippen molar-refractivity contribution in [2.24, 2.45) is 5.73 Å². The van der Waals surface area contributed by atoms with Crippen LogP contribution < -0.4 is 11.1 Å². The fraction of sp³-hybridized carbons (Fsp3) is 0.353. The smallest absolute Gasteiger partial charge is 0.257 e. The van der Waals surface area contributed by atoms with Crippen LogP contribution in [0.1, 0.15) is 29.9 Å². The lowest BCUT2D eigenvalue weighted by molar-refractivity contribution is -0.115. The van der Waals surface area contributed by atoms with Crippen LogP contribution >= 0.6 is 23.1 Å². The Morgan fingerprint density at radius 3 is 2.43 bits per heavy atom. The molecule has 0 aliphatic carbocycles. The van der Waals surface area contributed by atoms with Crippen molar-refractivity contribution in [3.63, 3.8) is 0 Å². The molecule has 2 amide bonds. The predicted molar refractivity (Wildman–Crippen MR) is 112 cm³/mol. The van der Waals surface area contributed by atoms with Crippen molar-refractivity contribution < 1.29 is 18.0 Å². The Balaban J connectivity index is 2.02. The number of nitrogens with one attached hydrogen (secondary N) is 1. The number of amides is 2. The van der Waals surface area contributed by atoms with Gasteiger partial charge in [0.05, 0.1) is 16.3 Å². The van der Waals surface area contributed by atoms with Crippen LogP contribution in [0.5, 0.6) is 0 Å². The molecule has 28 heavy (non-hydrogen) atoms. The van der Waals surface area contributed by atoms with E-state index in [0.717, 1.165) is 5.69 Å². The van der Waals surface area contributed by atoms with E-state index in [4.69, 9.17) is 5.73 Å². The molecular weight excluding hydrogens is 420 g/mol. The summed E-state index contributed by atoms with van der Waals surface area (Å²) in [5.41, 5.74) is 6.16. The molecule has 0 aliphatic rings. The number of nitrogens with two attached hydrogens (primary N) is 1. The number of sulfonamides is 1. The summed E-state index contributed by atoms with van der Waals surface area (Å²) in [4.78, 5) is 27.5. The third-order valence-electron chi connectivity index (χ3n) is 3.73. The van der Waals surface area contributed by atoms with Crippen molar-refractivity contribution in [3.8, 4) is 0 Å². The first-order chi connectivity index (χ1) is 13.3. The highest BCUT2D eigenvalue weighted by Gasteiger charge is 2.21. The molecule has 152 valence electrons. The number of benzene rings is 1. The van der Waals surface area contributed by atoms with E-state index < -0.39 is 10.0 Å². The van der Waals surface area contributed by atoms with E-state index in [1.54, 1.807) is 19.2 Å². The number of hydrogen-bond donors (Lipinski definition) is 2. The summed E-state index contributed by atoms with van der Waals surface area (Å²) < 4.78 is 26.3. The maximum Gasteiger partial charge on any atom is 0.257 e. The SMILES string of the molecule is CCN(CC)S(=O)(=O)c1ccc(C(=O)Nc2nc(CSCC(N)=O)cs2)cc1. The van der Waals surface area contributed by atoms with Crippen molar-refractivity contribution >= 4 is 50.1 Å². The minimum absolute atomic E-state index is 0.149. The second-order valence-corrected chi connectivity index (χ2v) is 9.45. The van der Waals surface area contributed by atoms with Gasteiger partial charge in [0.2, 0.25) is 15.9 Å². The quantitative estimate of drug-likeness (QED) is 0.581. The number of rotatable bonds is 10. The third kappa shape index (κ3) is 5.77. The zero-order valence-electron chi connectivity index (χ0n) is 15.5. The van der Waals surface area contributed by atoms with Crippen LogP contribution in [-0.4, -0.2) is 48.4 Å². The van der Waals surface area contributed by atoms with Gasteiger partial charge in [-0.15, -0.1) is 23.1 Å². The minimum Gasteiger partial charge on any atom is -0.369 e. The molecule has 1 aromatic carbocycles. The molecule has 0 unspecified atom stereocenters. The van der Waals surface area contributed by atoms with Gasteiger partial charge >= 0.3 is 0 Å². The van der Waals surface area contributed by atoms with E-state index in [9.17, 15) is 18.0 Å². The number of aromatic nitrogens is 1. The standard InChI is InChI=1S/C17H22N4O4S3/c1-3-21(4-2)28(24,25)14-7-5-12(6-8-14)16(23)20-17-19-13(10-27-17)9-26-11-15(18)22/h5-8,10H,3-4,9,11H2,1-2H3,(H2,18,22)(H,19,20,23). The number of carbonyl (C=O) groups excluding carboxylic acids is 2. The highest BCUT2D eigenvalue weighted by Crippen LogP contribution is 2.21. The first-order valence-electron chi connectivity index (χ1n) is 8.50. The van der Waals surface area contributed by atoms with Gasteiger partial charge in [-0.25, -0.2) is 13.4 Å². The van der Waals surface area contributed by atoms with Crippen molar-refractivity contribution in [2.45, 2.75) is 24.5 Å². The van der Waals surface area contributed by atoms with E-state index in [1.807, 2.05) is 0 Å². The lowest BCUT2D eigenvalue weighted by Crippen LogP contribution is -2.30. The number of anilines is 1. The Morgan fingerprint density at radius 2 is 1.86 bits per heavy atom. The van der Waals surface area contributed by atoms with Crippen molar-refractivity contribution in [1.82, 2.24) is 9.29 Å². The summed E-state index contributed by atoms with van der Waals surface area (Å²) >= 11 is 2.62. The molecule has 3 N–H and O–H groups in total. The van der Waals surface area contributed by atoms with E-state index in [1.165, 1.54) is 51.7 Å². The lowest BCUT2D eigenvalue weighted by atomic mass is 10.2. The van der Waals surface area contributed by atoms with E-state index in [-0.39, 0.29) is 22.5 Å². The van der Waals surface area contributed by atoms with Gasteiger partial charge in [-0.1, -0.05) is 13.8 Å². The average Bonchev–Trinajstić information content (AvgIpc) is 3.09. The zero-order chi connectivity index (χ0) is 20.7. The Kier molecular flexibility index (Phi) is 7.98. The van der Waals surface area contributed by atoms with Crippen LogP contribution in [0.3, 0.4) is 0 Å². The summed E-state index contributed by atoms with van der Waals surface area (Å²) in [7, 11) is -3.56. The van der Waals surface area contributed by atoms with Gasteiger partial charge < -0.3 is 5.73 Å². The maximum absolute atomic E-state index is 12.5. The number of thioether (sulfide) groups is 1. The van der Waals surface area contributed by atoms with Gasteiger partial charge in [0.1, 0.15) is 0 Å². The summed E-state index contributed by atoms with van der Waals surface area (Å²) in [6.45, 7) is 4.31. The largest absolute Gasteiger partial charge is 0.369 e. The van der Waals surface area contributed by atoms with Gasteiger partial charge in [-0.2, -0.15) is 4.31 Å². The van der Waals surface area contributed by atoms with E-state index >= 15 is 0 Å². The molecule has 0 radical (unpaired) electrons. The fourth-order valence-electron chi connectivity index (χ4n) is 2.35. The monoisotopic (exact) mass is 442 g/mol. The van der Waals surface area contributed by atoms with E-state index in [0.29, 0.717) is 29.5 Å². The number of thiazole rings is 1. The molecule has 2 aromatic rings. The van der Waals surface area contributed by atoms with Gasteiger partial charge in [0.15, 0.2) is 5.13 Å². The lowest BCUT2D eigenvalue weighted by Gasteiger charge is -2.18. The molecule has 0 bridgehead atoms. The van der Waals surface area contributed by atoms with Crippen LogP contribution in [0, 0.1) is 0 Å². The third-order valence-corrected chi connectivity index (χ3v) is 7.59. The summed E-state index contributed by atoms with van der Waals surface area (Å²) in [5, 5.41) is 4.91. The van der Waals surface area contributed by atoms with Gasteiger partial charge in [-0.05, 0) is 24.3 Å². The van der Waals surface area contributed by atoms with Crippen LogP contribution in [-0.2, 0) is 20.6 Å². The van der Waals surface area contributed by atoms with Gasteiger partial charge in [-0.3, -0.25) is 14.9 Å². The number of nitrogens with zero attached hydrogens (tertiary/aromatic N) is 2. The van der Waals surface area contributed by atoms with Crippen LogP contribution in [0.15, 0.2) is 34.5 Å².